The van der Waals surface area contributed by atoms with Crippen LogP contribution in [0.2, 0.25) is 0 Å². The van der Waals surface area contributed by atoms with E-state index in [1.165, 1.54) is 6.08 Å². The minimum absolute atomic E-state index is 0.266. The molecule has 0 saturated carbocycles. The summed E-state index contributed by atoms with van der Waals surface area (Å²) in [6.07, 6.45) is 8.74. The van der Waals surface area contributed by atoms with Crippen LogP contribution in [0.1, 0.15) is 17.0 Å². The summed E-state index contributed by atoms with van der Waals surface area (Å²) in [4.78, 5) is 29.5. The zero-order valence-corrected chi connectivity index (χ0v) is 15.3. The summed E-state index contributed by atoms with van der Waals surface area (Å²) in [6, 6.07) is 9.44. The van der Waals surface area contributed by atoms with Crippen LogP contribution in [0, 0.1) is 6.92 Å². The van der Waals surface area contributed by atoms with Crippen molar-refractivity contribution in [1.29, 1.82) is 0 Å². The molecule has 28 heavy (non-hydrogen) atoms. The Morgan fingerprint density at radius 3 is 2.96 bits per heavy atom. The molecule has 0 aliphatic heterocycles. The molecular weight excluding hydrogens is 352 g/mol. The van der Waals surface area contributed by atoms with E-state index in [4.69, 9.17) is 4.98 Å². The molecule has 0 bridgehead atoms. The number of nitrogens with one attached hydrogen (secondary N) is 1. The molecule has 4 aromatic rings. The average Bonchev–Trinajstić information content (AvgIpc) is 3.13. The van der Waals surface area contributed by atoms with E-state index in [0.717, 1.165) is 28.0 Å². The number of anilines is 1. The molecule has 4 rings (SSSR count). The molecule has 3 heterocycles. The largest absolute Gasteiger partial charge is 0.322 e. The summed E-state index contributed by atoms with van der Waals surface area (Å²) in [5.41, 5.74) is 5.18. The van der Waals surface area contributed by atoms with E-state index >= 15 is 0 Å². The summed E-state index contributed by atoms with van der Waals surface area (Å²) in [5.74, 6) is 0.388. The number of fused-ring (bicyclic) bond motifs is 1. The molecular formula is C21H18N6O. The third kappa shape index (κ3) is 3.50. The maximum atomic E-state index is 11.6. The van der Waals surface area contributed by atoms with Crippen LogP contribution in [-0.4, -0.2) is 30.4 Å². The van der Waals surface area contributed by atoms with Crippen LogP contribution < -0.4 is 5.32 Å². The molecule has 0 spiro atoms. The molecule has 1 aromatic carbocycles. The number of hydrogen-bond acceptors (Lipinski definition) is 5. The van der Waals surface area contributed by atoms with Gasteiger partial charge in [0.2, 0.25) is 5.91 Å². The van der Waals surface area contributed by atoms with Gasteiger partial charge in [0.05, 0.1) is 22.9 Å². The number of hydrogen-bond donors (Lipinski definition) is 1. The Bertz CT molecular complexity index is 1180. The van der Waals surface area contributed by atoms with Gasteiger partial charge in [0.15, 0.2) is 5.82 Å². The average molecular weight is 370 g/mol. The number of amides is 1. The zero-order valence-electron chi connectivity index (χ0n) is 15.3. The lowest BCUT2D eigenvalue weighted by Crippen LogP contribution is -2.07. The molecule has 1 amide bonds. The molecule has 0 saturated heterocycles. The van der Waals surface area contributed by atoms with Crippen LogP contribution in [0.5, 0.6) is 0 Å². The normalized spacial score (nSPS) is 10.8. The Hall–Kier alpha value is -3.87. The third-order valence-electron chi connectivity index (χ3n) is 4.39. The minimum Gasteiger partial charge on any atom is -0.322 e. The lowest BCUT2D eigenvalue weighted by Gasteiger charge is -2.08. The van der Waals surface area contributed by atoms with Gasteiger partial charge >= 0.3 is 0 Å². The molecule has 0 unspecified atom stereocenters. The summed E-state index contributed by atoms with van der Waals surface area (Å²) in [7, 11) is 0. The van der Waals surface area contributed by atoms with Crippen molar-refractivity contribution in [3.05, 3.63) is 84.9 Å². The number of nitrogens with zero attached hydrogens (tertiary/aromatic N) is 5. The highest BCUT2D eigenvalue weighted by Gasteiger charge is 2.10. The fourth-order valence-corrected chi connectivity index (χ4v) is 2.93. The van der Waals surface area contributed by atoms with E-state index in [2.05, 4.69) is 26.8 Å². The fourth-order valence-electron chi connectivity index (χ4n) is 2.93. The van der Waals surface area contributed by atoms with Crippen molar-refractivity contribution in [2.75, 3.05) is 5.32 Å². The maximum Gasteiger partial charge on any atom is 0.247 e. The van der Waals surface area contributed by atoms with Gasteiger partial charge in [-0.3, -0.25) is 19.3 Å². The highest BCUT2D eigenvalue weighted by Crippen LogP contribution is 2.21. The van der Waals surface area contributed by atoms with Crippen molar-refractivity contribution in [2.24, 2.45) is 0 Å². The highest BCUT2D eigenvalue weighted by molar-refractivity contribution is 6.00. The van der Waals surface area contributed by atoms with Crippen molar-refractivity contribution in [1.82, 2.24) is 24.5 Å². The second-order valence-corrected chi connectivity index (χ2v) is 6.32. The SMILES string of the molecule is C=CC(=O)Nc1ccc2ncn(-c3cncc(Cc4ncccc4C)n3)c2c1. The highest BCUT2D eigenvalue weighted by atomic mass is 16.1. The van der Waals surface area contributed by atoms with E-state index in [0.29, 0.717) is 17.9 Å². The van der Waals surface area contributed by atoms with Crippen molar-refractivity contribution < 1.29 is 4.79 Å². The first-order valence-corrected chi connectivity index (χ1v) is 8.76. The number of aromatic nitrogens is 5. The van der Waals surface area contributed by atoms with Gasteiger partial charge in [-0.25, -0.2) is 9.97 Å². The zero-order chi connectivity index (χ0) is 19.5. The number of aryl methyl sites for hydroxylation is 1. The van der Waals surface area contributed by atoms with Crippen molar-refractivity contribution in [2.45, 2.75) is 13.3 Å². The number of benzene rings is 1. The quantitative estimate of drug-likeness (QED) is 0.545. The van der Waals surface area contributed by atoms with Crippen molar-refractivity contribution in [3.63, 3.8) is 0 Å². The fraction of sp³-hybridized carbons (Fsp3) is 0.0952. The van der Waals surface area contributed by atoms with Crippen LogP contribution in [0.15, 0.2) is 67.9 Å². The minimum atomic E-state index is -0.266. The Balaban J connectivity index is 1.70. The summed E-state index contributed by atoms with van der Waals surface area (Å²) in [5, 5.41) is 2.76. The molecule has 138 valence electrons. The lowest BCUT2D eigenvalue weighted by atomic mass is 10.1. The van der Waals surface area contributed by atoms with Gasteiger partial charge in [0.1, 0.15) is 6.33 Å². The van der Waals surface area contributed by atoms with Crippen LogP contribution >= 0.6 is 0 Å². The molecule has 1 N–H and O–H groups in total. The molecule has 0 radical (unpaired) electrons. The third-order valence-corrected chi connectivity index (χ3v) is 4.39. The Kier molecular flexibility index (Phi) is 4.63. The first kappa shape index (κ1) is 17.5. The van der Waals surface area contributed by atoms with Gasteiger partial charge in [0, 0.05) is 30.2 Å². The molecule has 3 aromatic heterocycles. The Labute approximate surface area is 161 Å². The van der Waals surface area contributed by atoms with Gasteiger partial charge in [-0.05, 0) is 42.8 Å². The molecule has 7 nitrogen and oxygen atoms in total. The second kappa shape index (κ2) is 7.40. The molecule has 0 aliphatic rings. The van der Waals surface area contributed by atoms with Gasteiger partial charge in [-0.2, -0.15) is 0 Å². The number of rotatable bonds is 5. The van der Waals surface area contributed by atoms with Crippen LogP contribution in [-0.2, 0) is 11.2 Å². The molecule has 0 atom stereocenters. The monoisotopic (exact) mass is 370 g/mol. The molecule has 0 aliphatic carbocycles. The second-order valence-electron chi connectivity index (χ2n) is 6.32. The van der Waals surface area contributed by atoms with E-state index in [1.54, 1.807) is 31.0 Å². The predicted molar refractivity (Wildman–Crippen MR) is 107 cm³/mol. The summed E-state index contributed by atoms with van der Waals surface area (Å²) < 4.78 is 1.85. The topological polar surface area (TPSA) is 85.6 Å². The summed E-state index contributed by atoms with van der Waals surface area (Å²) >= 11 is 0. The first-order valence-electron chi connectivity index (χ1n) is 8.76. The van der Waals surface area contributed by atoms with Crippen molar-refractivity contribution >= 4 is 22.6 Å². The number of imidazole rings is 1. The standard InChI is InChI=1S/C21H18N6O/c1-3-21(28)26-15-6-7-17-19(10-15)27(13-24-17)20-12-22-11-16(25-20)9-18-14(2)5-4-8-23-18/h3-8,10-13H,1,9H2,2H3,(H,26,28). The molecule has 7 heteroatoms. The lowest BCUT2D eigenvalue weighted by molar-refractivity contribution is -0.111. The Morgan fingerprint density at radius 2 is 2.14 bits per heavy atom. The van der Waals surface area contributed by atoms with Gasteiger partial charge in [0.25, 0.3) is 0 Å². The number of pyridine rings is 1. The predicted octanol–water partition coefficient (Wildman–Crippen LogP) is 3.23. The number of carbonyl (C=O) groups is 1. The molecule has 0 fully saturated rings. The van der Waals surface area contributed by atoms with Gasteiger partial charge in [-0.1, -0.05) is 12.6 Å². The van der Waals surface area contributed by atoms with Gasteiger partial charge in [-0.15, -0.1) is 0 Å². The van der Waals surface area contributed by atoms with Crippen LogP contribution in [0.3, 0.4) is 0 Å². The van der Waals surface area contributed by atoms with Crippen molar-refractivity contribution in [3.8, 4) is 5.82 Å². The van der Waals surface area contributed by atoms with Crippen LogP contribution in [0.25, 0.3) is 16.9 Å². The van der Waals surface area contributed by atoms with E-state index < -0.39 is 0 Å². The smallest absolute Gasteiger partial charge is 0.247 e. The Morgan fingerprint density at radius 1 is 1.25 bits per heavy atom. The van der Waals surface area contributed by atoms with Crippen LogP contribution in [0.4, 0.5) is 5.69 Å². The first-order chi connectivity index (χ1) is 13.6. The van der Waals surface area contributed by atoms with Gasteiger partial charge < -0.3 is 5.32 Å². The van der Waals surface area contributed by atoms with E-state index in [1.807, 2.05) is 35.8 Å². The number of carbonyl (C=O) groups excluding carboxylic acids is 1. The van der Waals surface area contributed by atoms with E-state index in [-0.39, 0.29) is 5.91 Å². The summed E-state index contributed by atoms with van der Waals surface area (Å²) in [6.45, 7) is 5.50. The van der Waals surface area contributed by atoms with E-state index in [9.17, 15) is 4.79 Å². The maximum absolute atomic E-state index is 11.6.